The van der Waals surface area contributed by atoms with Crippen LogP contribution >= 0.6 is 0 Å². The van der Waals surface area contributed by atoms with Gasteiger partial charge in [0.15, 0.2) is 5.69 Å². The van der Waals surface area contributed by atoms with E-state index in [0.29, 0.717) is 5.69 Å². The summed E-state index contributed by atoms with van der Waals surface area (Å²) in [6, 6.07) is 10.5. The minimum Gasteiger partial charge on any atom is -0.337 e. The molecule has 1 aliphatic heterocycles. The van der Waals surface area contributed by atoms with E-state index in [9.17, 15) is 4.79 Å². The maximum absolute atomic E-state index is 12.9. The fraction of sp³-hybridized carbons (Fsp3) is 0.444. The quantitative estimate of drug-likeness (QED) is 0.889. The zero-order valence-electron chi connectivity index (χ0n) is 13.8. The van der Waals surface area contributed by atoms with Crippen LogP contribution in [0.15, 0.2) is 30.3 Å². The van der Waals surface area contributed by atoms with Gasteiger partial charge in [0, 0.05) is 43.9 Å². The largest absolute Gasteiger partial charge is 0.337 e. The van der Waals surface area contributed by atoms with Crippen LogP contribution in [0, 0.1) is 0 Å². The van der Waals surface area contributed by atoms with E-state index in [1.165, 1.54) is 5.56 Å². The number of benzene rings is 1. The summed E-state index contributed by atoms with van der Waals surface area (Å²) in [5.74, 6) is 0.00832. The van der Waals surface area contributed by atoms with Crippen LogP contribution in [0.3, 0.4) is 0 Å². The van der Waals surface area contributed by atoms with E-state index in [-0.39, 0.29) is 11.9 Å². The van der Waals surface area contributed by atoms with Crippen molar-refractivity contribution < 1.29 is 4.79 Å². The molecule has 1 aliphatic rings. The maximum Gasteiger partial charge on any atom is 0.274 e. The van der Waals surface area contributed by atoms with Crippen molar-refractivity contribution in [1.29, 1.82) is 0 Å². The van der Waals surface area contributed by atoms with Crippen molar-refractivity contribution in [3.63, 3.8) is 0 Å². The minimum atomic E-state index is 0.00832. The first-order chi connectivity index (χ1) is 11.2. The van der Waals surface area contributed by atoms with Gasteiger partial charge >= 0.3 is 0 Å². The number of hydrogen-bond donors (Lipinski definition) is 2. The number of carbonyl (C=O) groups is 1. The van der Waals surface area contributed by atoms with Crippen LogP contribution in [0.1, 0.15) is 40.7 Å². The molecule has 1 atom stereocenters. The lowest BCUT2D eigenvalue weighted by atomic mass is 10.0. The molecule has 0 saturated heterocycles. The Morgan fingerprint density at radius 2 is 2.13 bits per heavy atom. The highest BCUT2D eigenvalue weighted by Crippen LogP contribution is 2.19. The summed E-state index contributed by atoms with van der Waals surface area (Å²) in [5, 5.41) is 10.6. The number of likely N-dealkylation sites (N-methyl/N-ethyl adjacent to an activating group) is 1. The average Bonchev–Trinajstić information content (AvgIpc) is 3.03. The summed E-state index contributed by atoms with van der Waals surface area (Å²) in [7, 11) is 1.89. The van der Waals surface area contributed by atoms with Crippen LogP contribution in [-0.2, 0) is 19.4 Å². The van der Waals surface area contributed by atoms with E-state index in [4.69, 9.17) is 0 Å². The normalized spacial score (nSPS) is 15.0. The lowest BCUT2D eigenvalue weighted by Gasteiger charge is -2.27. The van der Waals surface area contributed by atoms with E-state index < -0.39 is 0 Å². The molecule has 23 heavy (non-hydrogen) atoms. The van der Waals surface area contributed by atoms with Crippen LogP contribution in [0.5, 0.6) is 0 Å². The third kappa shape index (κ3) is 3.29. The van der Waals surface area contributed by atoms with Gasteiger partial charge in [0.05, 0.1) is 0 Å². The van der Waals surface area contributed by atoms with E-state index >= 15 is 0 Å². The molecule has 2 aromatic rings. The molecule has 5 nitrogen and oxygen atoms in total. The fourth-order valence-electron chi connectivity index (χ4n) is 3.18. The number of H-pyrrole nitrogens is 1. The monoisotopic (exact) mass is 312 g/mol. The highest BCUT2D eigenvalue weighted by atomic mass is 16.2. The van der Waals surface area contributed by atoms with Gasteiger partial charge in [-0.2, -0.15) is 5.10 Å². The summed E-state index contributed by atoms with van der Waals surface area (Å²) >= 11 is 0. The number of rotatable bonds is 5. The van der Waals surface area contributed by atoms with E-state index in [1.54, 1.807) is 0 Å². The molecule has 122 valence electrons. The van der Waals surface area contributed by atoms with Gasteiger partial charge in [0.25, 0.3) is 5.91 Å². The number of hydrogen-bond acceptors (Lipinski definition) is 3. The smallest absolute Gasteiger partial charge is 0.274 e. The van der Waals surface area contributed by atoms with Crippen LogP contribution in [0.25, 0.3) is 0 Å². The predicted molar refractivity (Wildman–Crippen MR) is 90.3 cm³/mol. The second-order valence-electron chi connectivity index (χ2n) is 6.12. The van der Waals surface area contributed by atoms with Gasteiger partial charge in [-0.3, -0.25) is 9.89 Å². The van der Waals surface area contributed by atoms with Crippen molar-refractivity contribution in [2.45, 2.75) is 38.8 Å². The molecule has 0 saturated carbocycles. The number of nitrogens with zero attached hydrogens (tertiary/aromatic N) is 2. The van der Waals surface area contributed by atoms with Crippen molar-refractivity contribution in [3.05, 3.63) is 52.8 Å². The molecule has 0 spiro atoms. The van der Waals surface area contributed by atoms with E-state index in [0.717, 1.165) is 43.6 Å². The average molecular weight is 312 g/mol. The van der Waals surface area contributed by atoms with Gasteiger partial charge in [-0.1, -0.05) is 37.3 Å². The van der Waals surface area contributed by atoms with Crippen molar-refractivity contribution in [2.24, 2.45) is 0 Å². The molecule has 5 heteroatoms. The number of aromatic nitrogens is 2. The SMILES string of the molecule is CCC(Cc1ccccc1)N(C)C(=O)c1n[nH]c2c1CNCC2. The van der Waals surface area contributed by atoms with E-state index in [1.807, 2.05) is 30.1 Å². The summed E-state index contributed by atoms with van der Waals surface area (Å²) in [5.41, 5.74) is 3.95. The second kappa shape index (κ2) is 6.96. The van der Waals surface area contributed by atoms with E-state index in [2.05, 4.69) is 34.6 Å². The van der Waals surface area contributed by atoms with Crippen molar-refractivity contribution in [3.8, 4) is 0 Å². The molecule has 1 aromatic heterocycles. The Morgan fingerprint density at radius 3 is 2.87 bits per heavy atom. The van der Waals surface area contributed by atoms with Gasteiger partial charge in [0.1, 0.15) is 0 Å². The highest BCUT2D eigenvalue weighted by molar-refractivity contribution is 5.94. The summed E-state index contributed by atoms with van der Waals surface area (Å²) in [6.07, 6.45) is 2.69. The first-order valence-electron chi connectivity index (χ1n) is 8.28. The molecule has 1 amide bonds. The lowest BCUT2D eigenvalue weighted by Crippen LogP contribution is -2.39. The fourth-order valence-corrected chi connectivity index (χ4v) is 3.18. The zero-order valence-corrected chi connectivity index (χ0v) is 13.8. The van der Waals surface area contributed by atoms with Gasteiger partial charge in [0.2, 0.25) is 0 Å². The first kappa shape index (κ1) is 15.7. The van der Waals surface area contributed by atoms with Gasteiger partial charge in [-0.05, 0) is 18.4 Å². The van der Waals surface area contributed by atoms with Crippen molar-refractivity contribution in [2.75, 3.05) is 13.6 Å². The number of carbonyl (C=O) groups excluding carboxylic acids is 1. The molecule has 3 rings (SSSR count). The Bertz CT molecular complexity index is 665. The molecule has 2 heterocycles. The summed E-state index contributed by atoms with van der Waals surface area (Å²) in [4.78, 5) is 14.7. The topological polar surface area (TPSA) is 61.0 Å². The number of aromatic amines is 1. The highest BCUT2D eigenvalue weighted by Gasteiger charge is 2.27. The zero-order chi connectivity index (χ0) is 16.2. The van der Waals surface area contributed by atoms with Gasteiger partial charge in [-0.25, -0.2) is 0 Å². The van der Waals surface area contributed by atoms with Crippen molar-refractivity contribution in [1.82, 2.24) is 20.4 Å². The van der Waals surface area contributed by atoms with Crippen LogP contribution < -0.4 is 5.32 Å². The van der Waals surface area contributed by atoms with Crippen LogP contribution in [0.4, 0.5) is 0 Å². The number of nitrogens with one attached hydrogen (secondary N) is 2. The minimum absolute atomic E-state index is 0.00832. The molecule has 0 fully saturated rings. The van der Waals surface area contributed by atoms with Gasteiger partial charge in [-0.15, -0.1) is 0 Å². The standard InChI is InChI=1S/C18H24N4O/c1-3-14(11-13-7-5-4-6-8-13)22(2)18(23)17-15-12-19-10-9-16(15)20-21-17/h4-8,14,19H,3,9-12H2,1-2H3,(H,20,21). The molecule has 0 radical (unpaired) electrons. The second-order valence-corrected chi connectivity index (χ2v) is 6.12. The van der Waals surface area contributed by atoms with Crippen molar-refractivity contribution >= 4 is 5.91 Å². The third-order valence-corrected chi connectivity index (χ3v) is 4.66. The third-order valence-electron chi connectivity index (χ3n) is 4.66. The first-order valence-corrected chi connectivity index (χ1v) is 8.28. The van der Waals surface area contributed by atoms with Crippen LogP contribution in [0.2, 0.25) is 0 Å². The molecule has 1 aromatic carbocycles. The predicted octanol–water partition coefficient (Wildman–Crippen LogP) is 2.15. The number of amides is 1. The Morgan fingerprint density at radius 1 is 1.35 bits per heavy atom. The molecule has 0 aliphatic carbocycles. The molecule has 0 bridgehead atoms. The van der Waals surface area contributed by atoms with Gasteiger partial charge < -0.3 is 10.2 Å². The molecular weight excluding hydrogens is 288 g/mol. The maximum atomic E-state index is 12.9. The molecular formula is C18H24N4O. The van der Waals surface area contributed by atoms with Crippen LogP contribution in [-0.4, -0.2) is 40.6 Å². The Kier molecular flexibility index (Phi) is 4.76. The summed E-state index contributed by atoms with van der Waals surface area (Å²) < 4.78 is 0. The Balaban J connectivity index is 1.76. The summed E-state index contributed by atoms with van der Waals surface area (Å²) in [6.45, 7) is 3.78. The molecule has 2 N–H and O–H groups in total. The number of fused-ring (bicyclic) bond motifs is 1. The molecule has 1 unspecified atom stereocenters. The Labute approximate surface area is 137 Å². The Hall–Kier alpha value is -2.14. The lowest BCUT2D eigenvalue weighted by molar-refractivity contribution is 0.0719.